The Hall–Kier alpha value is -2.54. The Balaban J connectivity index is 2.46. The molecule has 130 valence electrons. The van der Waals surface area contributed by atoms with Gasteiger partial charge in [-0.05, 0) is 51.2 Å². The number of aromatic nitrogens is 1. The van der Waals surface area contributed by atoms with Gasteiger partial charge in [0.2, 0.25) is 0 Å². The van der Waals surface area contributed by atoms with Gasteiger partial charge in [0, 0.05) is 18.1 Å². The number of primary amides is 1. The number of ether oxygens (including phenoxy) is 2. The summed E-state index contributed by atoms with van der Waals surface area (Å²) >= 11 is 0. The Kier molecular flexibility index (Phi) is 5.46. The van der Waals surface area contributed by atoms with E-state index in [9.17, 15) is 9.59 Å². The van der Waals surface area contributed by atoms with Gasteiger partial charge in [-0.1, -0.05) is 0 Å². The van der Waals surface area contributed by atoms with Gasteiger partial charge in [-0.25, -0.2) is 4.79 Å². The lowest BCUT2D eigenvalue weighted by Crippen LogP contribution is -2.30. The summed E-state index contributed by atoms with van der Waals surface area (Å²) < 4.78 is 11.6. The number of benzene rings is 1. The van der Waals surface area contributed by atoms with Crippen molar-refractivity contribution < 1.29 is 19.1 Å². The van der Waals surface area contributed by atoms with Gasteiger partial charge in [-0.3, -0.25) is 9.36 Å². The SMILES string of the molecule is COc1ccc2c(c1)c(CCN(C)C)cn2C(=O)[C@H](C)OC(N)=O. The van der Waals surface area contributed by atoms with Crippen LogP contribution < -0.4 is 10.5 Å². The van der Waals surface area contributed by atoms with Gasteiger partial charge in [0.1, 0.15) is 5.75 Å². The zero-order valence-electron chi connectivity index (χ0n) is 14.4. The molecule has 0 radical (unpaired) electrons. The zero-order valence-corrected chi connectivity index (χ0v) is 14.4. The zero-order chi connectivity index (χ0) is 17.9. The summed E-state index contributed by atoms with van der Waals surface area (Å²) in [7, 11) is 5.59. The Morgan fingerprint density at radius 3 is 2.62 bits per heavy atom. The van der Waals surface area contributed by atoms with E-state index in [4.69, 9.17) is 15.2 Å². The normalized spacial score (nSPS) is 12.4. The molecule has 0 aliphatic carbocycles. The number of carbonyl (C=O) groups is 2. The van der Waals surface area contributed by atoms with E-state index in [2.05, 4.69) is 4.90 Å². The molecule has 0 aliphatic rings. The second kappa shape index (κ2) is 7.35. The lowest BCUT2D eigenvalue weighted by Gasteiger charge is -2.11. The van der Waals surface area contributed by atoms with Crippen molar-refractivity contribution in [3.63, 3.8) is 0 Å². The number of amides is 1. The van der Waals surface area contributed by atoms with Gasteiger partial charge in [0.05, 0.1) is 12.6 Å². The molecule has 1 aromatic carbocycles. The number of nitrogens with two attached hydrogens (primary N) is 1. The highest BCUT2D eigenvalue weighted by molar-refractivity contribution is 5.97. The molecule has 7 heteroatoms. The van der Waals surface area contributed by atoms with Crippen molar-refractivity contribution in [1.29, 1.82) is 0 Å². The molecule has 2 aromatic rings. The predicted molar refractivity (Wildman–Crippen MR) is 91.5 cm³/mol. The molecule has 1 amide bonds. The van der Waals surface area contributed by atoms with Crippen LogP contribution in [0.3, 0.4) is 0 Å². The first-order chi connectivity index (χ1) is 11.3. The number of hydrogen-bond donors (Lipinski definition) is 1. The molecule has 2 rings (SSSR count). The van der Waals surface area contributed by atoms with Crippen molar-refractivity contribution in [3.05, 3.63) is 30.0 Å². The van der Waals surface area contributed by atoms with E-state index < -0.39 is 12.2 Å². The van der Waals surface area contributed by atoms with E-state index in [0.29, 0.717) is 0 Å². The van der Waals surface area contributed by atoms with Crippen molar-refractivity contribution in [1.82, 2.24) is 9.47 Å². The van der Waals surface area contributed by atoms with Crippen LogP contribution in [0.15, 0.2) is 24.4 Å². The van der Waals surface area contributed by atoms with Gasteiger partial charge >= 0.3 is 6.09 Å². The number of nitrogens with zero attached hydrogens (tertiary/aromatic N) is 2. The average molecular weight is 333 g/mol. The summed E-state index contributed by atoms with van der Waals surface area (Å²) in [6, 6.07) is 5.52. The van der Waals surface area contributed by atoms with Gasteiger partial charge in [-0.2, -0.15) is 0 Å². The number of rotatable bonds is 6. The van der Waals surface area contributed by atoms with Crippen molar-refractivity contribution in [3.8, 4) is 5.75 Å². The van der Waals surface area contributed by atoms with Crippen LogP contribution in [-0.2, 0) is 11.2 Å². The highest BCUT2D eigenvalue weighted by atomic mass is 16.6. The minimum absolute atomic E-state index is 0.347. The lowest BCUT2D eigenvalue weighted by molar-refractivity contribution is 0.0616. The summed E-state index contributed by atoms with van der Waals surface area (Å²) in [5, 5.41) is 0.941. The molecule has 0 saturated carbocycles. The standard InChI is InChI=1S/C17H23N3O4/c1-11(24-17(18)22)16(21)20-10-12(7-8-19(2)3)14-9-13(23-4)5-6-15(14)20/h5-6,9-11H,7-8H2,1-4H3,(H2,18,22)/t11-/m0/s1. The number of hydrogen-bond acceptors (Lipinski definition) is 5. The Morgan fingerprint density at radius 1 is 1.33 bits per heavy atom. The largest absolute Gasteiger partial charge is 0.497 e. The number of methoxy groups -OCH3 is 1. The lowest BCUT2D eigenvalue weighted by atomic mass is 10.1. The highest BCUT2D eigenvalue weighted by Crippen LogP contribution is 2.27. The number of fused-ring (bicyclic) bond motifs is 1. The summed E-state index contributed by atoms with van der Waals surface area (Å²) in [6.45, 7) is 2.35. The molecule has 0 saturated heterocycles. The minimum Gasteiger partial charge on any atom is -0.497 e. The predicted octanol–water partition coefficient (Wildman–Crippen LogP) is 1.88. The van der Waals surface area contributed by atoms with Crippen molar-refractivity contribution in [2.75, 3.05) is 27.7 Å². The van der Waals surface area contributed by atoms with Crippen LogP contribution in [0, 0.1) is 0 Å². The number of carbonyl (C=O) groups excluding carboxylic acids is 2. The molecular formula is C17H23N3O4. The van der Waals surface area contributed by atoms with Crippen LogP contribution in [0.5, 0.6) is 5.75 Å². The van der Waals surface area contributed by atoms with Crippen molar-refractivity contribution in [2.45, 2.75) is 19.4 Å². The van der Waals surface area contributed by atoms with Crippen LogP contribution in [-0.4, -0.2) is 55.3 Å². The van der Waals surface area contributed by atoms with E-state index in [0.717, 1.165) is 35.2 Å². The monoisotopic (exact) mass is 333 g/mol. The maximum Gasteiger partial charge on any atom is 0.405 e. The molecule has 1 aromatic heterocycles. The third-order valence-electron chi connectivity index (χ3n) is 3.80. The van der Waals surface area contributed by atoms with Gasteiger partial charge in [-0.15, -0.1) is 0 Å². The molecule has 0 fully saturated rings. The maximum absolute atomic E-state index is 12.6. The fraction of sp³-hybridized carbons (Fsp3) is 0.412. The molecule has 1 atom stereocenters. The second-order valence-corrected chi connectivity index (χ2v) is 5.88. The molecule has 2 N–H and O–H groups in total. The topological polar surface area (TPSA) is 86.8 Å². The van der Waals surface area contributed by atoms with E-state index in [-0.39, 0.29) is 5.91 Å². The van der Waals surface area contributed by atoms with Crippen LogP contribution >= 0.6 is 0 Å². The van der Waals surface area contributed by atoms with Crippen LogP contribution in [0.1, 0.15) is 17.3 Å². The van der Waals surface area contributed by atoms with E-state index >= 15 is 0 Å². The summed E-state index contributed by atoms with van der Waals surface area (Å²) in [6.07, 6.45) is 0.641. The first-order valence-corrected chi connectivity index (χ1v) is 7.66. The molecule has 24 heavy (non-hydrogen) atoms. The molecule has 0 aliphatic heterocycles. The molecular weight excluding hydrogens is 310 g/mol. The van der Waals surface area contributed by atoms with Gasteiger partial charge in [0.15, 0.2) is 6.10 Å². The smallest absolute Gasteiger partial charge is 0.405 e. The second-order valence-electron chi connectivity index (χ2n) is 5.88. The molecule has 0 bridgehead atoms. The van der Waals surface area contributed by atoms with Crippen LogP contribution in [0.4, 0.5) is 4.79 Å². The minimum atomic E-state index is -0.971. The first-order valence-electron chi connectivity index (χ1n) is 7.66. The van der Waals surface area contributed by atoms with E-state index in [1.807, 2.05) is 26.2 Å². The summed E-state index contributed by atoms with van der Waals surface area (Å²) in [4.78, 5) is 25.6. The third-order valence-corrected chi connectivity index (χ3v) is 3.80. The van der Waals surface area contributed by atoms with Crippen molar-refractivity contribution >= 4 is 22.9 Å². The first kappa shape index (κ1) is 17.8. The van der Waals surface area contributed by atoms with Gasteiger partial charge < -0.3 is 20.1 Å². The van der Waals surface area contributed by atoms with E-state index in [1.165, 1.54) is 11.5 Å². The summed E-state index contributed by atoms with van der Waals surface area (Å²) in [5.74, 6) is 0.375. The Morgan fingerprint density at radius 2 is 2.04 bits per heavy atom. The van der Waals surface area contributed by atoms with Gasteiger partial charge in [0.25, 0.3) is 5.91 Å². The maximum atomic E-state index is 12.6. The quantitative estimate of drug-likeness (QED) is 0.872. The molecule has 0 unspecified atom stereocenters. The molecule has 1 heterocycles. The van der Waals surface area contributed by atoms with Crippen LogP contribution in [0.25, 0.3) is 10.9 Å². The third kappa shape index (κ3) is 3.86. The molecule has 0 spiro atoms. The summed E-state index contributed by atoms with van der Waals surface area (Å²) in [5.41, 5.74) is 6.77. The Labute approximate surface area is 140 Å². The fourth-order valence-electron chi connectivity index (χ4n) is 2.55. The fourth-order valence-corrected chi connectivity index (χ4v) is 2.55. The average Bonchev–Trinajstić information content (AvgIpc) is 2.89. The van der Waals surface area contributed by atoms with E-state index in [1.54, 1.807) is 19.4 Å². The van der Waals surface area contributed by atoms with Crippen molar-refractivity contribution in [2.24, 2.45) is 5.73 Å². The number of likely N-dealkylation sites (N-methyl/N-ethyl adjacent to an activating group) is 1. The van der Waals surface area contributed by atoms with Crippen LogP contribution in [0.2, 0.25) is 0 Å². The highest BCUT2D eigenvalue weighted by Gasteiger charge is 2.21. The Bertz CT molecular complexity index is 752. The molecule has 7 nitrogen and oxygen atoms in total.